The number of aryl methyl sites for hydroxylation is 1. The van der Waals surface area contributed by atoms with Crippen molar-refractivity contribution in [3.8, 4) is 11.5 Å². The van der Waals surface area contributed by atoms with Crippen molar-refractivity contribution < 1.29 is 9.47 Å². The predicted octanol–water partition coefficient (Wildman–Crippen LogP) is 4.05. The molecular formula is C31H40N4O3. The van der Waals surface area contributed by atoms with Gasteiger partial charge in [0.05, 0.1) is 6.04 Å². The molecule has 6 rings (SSSR count). The molecule has 0 saturated carbocycles. The van der Waals surface area contributed by atoms with E-state index in [4.69, 9.17) is 9.47 Å². The zero-order chi connectivity index (χ0) is 25.9. The Morgan fingerprint density at radius 1 is 0.789 bits per heavy atom. The van der Waals surface area contributed by atoms with Crippen LogP contribution in [-0.2, 0) is 6.42 Å². The Morgan fingerprint density at radius 3 is 2.24 bits per heavy atom. The maximum absolute atomic E-state index is 12.4. The van der Waals surface area contributed by atoms with Crippen molar-refractivity contribution in [3.05, 3.63) is 69.5 Å². The van der Waals surface area contributed by atoms with E-state index in [1.165, 1.54) is 50.0 Å². The van der Waals surface area contributed by atoms with E-state index < -0.39 is 0 Å². The van der Waals surface area contributed by atoms with Crippen LogP contribution >= 0.6 is 0 Å². The Kier molecular flexibility index (Phi) is 7.68. The topological polar surface area (TPSA) is 61.0 Å². The average Bonchev–Trinajstić information content (AvgIpc) is 2.97. The molecule has 3 aromatic rings. The summed E-state index contributed by atoms with van der Waals surface area (Å²) in [6.07, 6.45) is 4.82. The normalized spacial score (nSPS) is 20.0. The van der Waals surface area contributed by atoms with Gasteiger partial charge in [-0.3, -0.25) is 14.6 Å². The van der Waals surface area contributed by atoms with E-state index in [0.29, 0.717) is 13.2 Å². The molecule has 1 atom stereocenters. The van der Waals surface area contributed by atoms with E-state index >= 15 is 0 Å². The zero-order valence-electron chi connectivity index (χ0n) is 22.6. The summed E-state index contributed by atoms with van der Waals surface area (Å²) < 4.78 is 11.8. The molecule has 0 aliphatic carbocycles. The fraction of sp³-hybridized carbons (Fsp3) is 0.516. The maximum atomic E-state index is 12.4. The van der Waals surface area contributed by atoms with Crippen LogP contribution < -0.4 is 15.0 Å². The number of H-pyrrole nitrogens is 1. The molecule has 1 N–H and O–H groups in total. The van der Waals surface area contributed by atoms with Crippen LogP contribution in [0.5, 0.6) is 11.5 Å². The van der Waals surface area contributed by atoms with Crippen molar-refractivity contribution in [1.29, 1.82) is 0 Å². The monoisotopic (exact) mass is 516 g/mol. The minimum absolute atomic E-state index is 0.0109. The highest BCUT2D eigenvalue weighted by molar-refractivity contribution is 5.80. The van der Waals surface area contributed by atoms with Crippen LogP contribution in [0, 0.1) is 0 Å². The summed E-state index contributed by atoms with van der Waals surface area (Å²) in [5, 5.41) is 1.08. The largest absolute Gasteiger partial charge is 0.486 e. The lowest BCUT2D eigenvalue weighted by Crippen LogP contribution is -2.49. The summed E-state index contributed by atoms with van der Waals surface area (Å²) in [7, 11) is 0. The fourth-order valence-corrected chi connectivity index (χ4v) is 6.26. The molecule has 0 spiro atoms. The van der Waals surface area contributed by atoms with Gasteiger partial charge in [0.15, 0.2) is 11.5 Å². The molecule has 0 radical (unpaired) electrons. The van der Waals surface area contributed by atoms with Crippen LogP contribution in [0.2, 0.25) is 0 Å². The molecule has 1 aromatic heterocycles. The van der Waals surface area contributed by atoms with Gasteiger partial charge in [0.1, 0.15) is 13.2 Å². The first kappa shape index (κ1) is 25.4. The second-order valence-corrected chi connectivity index (χ2v) is 10.9. The van der Waals surface area contributed by atoms with Crippen LogP contribution in [0.3, 0.4) is 0 Å². The van der Waals surface area contributed by atoms with Gasteiger partial charge < -0.3 is 19.4 Å². The number of piperidine rings is 1. The quantitative estimate of drug-likeness (QED) is 0.511. The molecule has 2 aromatic carbocycles. The van der Waals surface area contributed by atoms with E-state index in [1.807, 2.05) is 6.92 Å². The molecule has 3 aliphatic heterocycles. The van der Waals surface area contributed by atoms with Crippen molar-refractivity contribution in [1.82, 2.24) is 19.7 Å². The molecular weight excluding hydrogens is 476 g/mol. The number of ether oxygens (including phenoxy) is 2. The minimum atomic E-state index is 0.0109. The molecule has 7 heteroatoms. The third-order valence-electron chi connectivity index (χ3n) is 8.48. The Morgan fingerprint density at radius 2 is 1.47 bits per heavy atom. The number of hydrogen-bond donors (Lipinski definition) is 1. The van der Waals surface area contributed by atoms with Gasteiger partial charge in [-0.25, -0.2) is 0 Å². The van der Waals surface area contributed by atoms with Crippen molar-refractivity contribution >= 4 is 10.9 Å². The highest BCUT2D eigenvalue weighted by atomic mass is 16.6. The van der Waals surface area contributed by atoms with E-state index in [9.17, 15) is 4.79 Å². The van der Waals surface area contributed by atoms with E-state index in [1.54, 1.807) is 0 Å². The second-order valence-electron chi connectivity index (χ2n) is 10.9. The van der Waals surface area contributed by atoms with Crippen molar-refractivity contribution in [3.63, 3.8) is 0 Å². The number of likely N-dealkylation sites (tertiary alicyclic amines) is 1. The van der Waals surface area contributed by atoms with Gasteiger partial charge in [-0.15, -0.1) is 0 Å². The third-order valence-corrected chi connectivity index (χ3v) is 8.48. The van der Waals surface area contributed by atoms with Crippen molar-refractivity contribution in [2.45, 2.75) is 38.6 Å². The highest BCUT2D eigenvalue weighted by Gasteiger charge is 2.28. The Labute approximate surface area is 225 Å². The van der Waals surface area contributed by atoms with Crippen molar-refractivity contribution in [2.24, 2.45) is 0 Å². The summed E-state index contributed by atoms with van der Waals surface area (Å²) in [4.78, 5) is 23.3. The number of pyridine rings is 1. The molecule has 38 heavy (non-hydrogen) atoms. The standard InChI is InChI=1S/C31H40N4O3/c1-2-23-20-26-21-24(6-8-27(26)32-31(23)36)30(25-7-9-28-29(22-25)38-19-18-37-28)35-16-14-34(15-17-35)13-12-33-10-4-3-5-11-33/h6-9,20-22,30H,2-5,10-19H2,1H3,(H,32,36). The lowest BCUT2D eigenvalue weighted by molar-refractivity contribution is 0.0959. The Bertz CT molecular complexity index is 1310. The van der Waals surface area contributed by atoms with Gasteiger partial charge >= 0.3 is 0 Å². The molecule has 0 amide bonds. The number of aromatic nitrogens is 1. The number of nitrogens with one attached hydrogen (secondary N) is 1. The molecule has 2 saturated heterocycles. The van der Waals surface area contributed by atoms with Crippen LogP contribution in [0.15, 0.2) is 47.3 Å². The average molecular weight is 517 g/mol. The number of rotatable bonds is 7. The molecule has 202 valence electrons. The number of benzene rings is 2. The Balaban J connectivity index is 1.26. The summed E-state index contributed by atoms with van der Waals surface area (Å²) in [6.45, 7) is 12.3. The van der Waals surface area contributed by atoms with Crippen LogP contribution in [0.1, 0.15) is 48.9 Å². The molecule has 7 nitrogen and oxygen atoms in total. The van der Waals surface area contributed by atoms with Gasteiger partial charge in [-0.1, -0.05) is 25.5 Å². The number of nitrogens with zero attached hydrogens (tertiary/aromatic N) is 3. The van der Waals surface area contributed by atoms with E-state index in [0.717, 1.165) is 67.1 Å². The predicted molar refractivity (Wildman–Crippen MR) is 152 cm³/mol. The number of piperazine rings is 1. The van der Waals surface area contributed by atoms with E-state index in [-0.39, 0.29) is 11.6 Å². The number of fused-ring (bicyclic) bond motifs is 2. The lowest BCUT2D eigenvalue weighted by atomic mass is 9.94. The minimum Gasteiger partial charge on any atom is -0.486 e. The van der Waals surface area contributed by atoms with Gasteiger partial charge in [0.25, 0.3) is 5.56 Å². The second kappa shape index (κ2) is 11.5. The molecule has 0 bridgehead atoms. The van der Waals surface area contributed by atoms with Crippen LogP contribution in [-0.4, -0.2) is 85.3 Å². The fourth-order valence-electron chi connectivity index (χ4n) is 6.26. The first-order valence-electron chi connectivity index (χ1n) is 14.4. The van der Waals surface area contributed by atoms with E-state index in [2.05, 4.69) is 62.1 Å². The Hall–Kier alpha value is -2.87. The highest BCUT2D eigenvalue weighted by Crippen LogP contribution is 2.37. The van der Waals surface area contributed by atoms with Crippen LogP contribution in [0.25, 0.3) is 10.9 Å². The summed E-state index contributed by atoms with van der Waals surface area (Å²) in [5.41, 5.74) is 4.18. The van der Waals surface area contributed by atoms with Crippen molar-refractivity contribution in [2.75, 3.05) is 65.6 Å². The smallest absolute Gasteiger partial charge is 0.251 e. The molecule has 2 fully saturated rings. The van der Waals surface area contributed by atoms with Gasteiger partial charge in [0.2, 0.25) is 0 Å². The number of hydrogen-bond acceptors (Lipinski definition) is 6. The molecule has 3 aliphatic rings. The summed E-state index contributed by atoms with van der Waals surface area (Å²) in [6, 6.07) is 15.1. The van der Waals surface area contributed by atoms with Gasteiger partial charge in [-0.05, 0) is 79.2 Å². The third kappa shape index (κ3) is 5.46. The summed E-state index contributed by atoms with van der Waals surface area (Å²) >= 11 is 0. The van der Waals surface area contributed by atoms with Crippen LogP contribution in [0.4, 0.5) is 0 Å². The molecule has 4 heterocycles. The first-order valence-corrected chi connectivity index (χ1v) is 14.4. The zero-order valence-corrected chi connectivity index (χ0v) is 22.6. The number of aromatic amines is 1. The van der Waals surface area contributed by atoms with Gasteiger partial charge in [0, 0.05) is 50.3 Å². The first-order chi connectivity index (χ1) is 18.7. The van der Waals surface area contributed by atoms with Gasteiger partial charge in [-0.2, -0.15) is 0 Å². The molecule has 1 unspecified atom stereocenters. The SMILES string of the molecule is CCc1cc2cc(C(c3ccc4c(c3)OCCO4)N3CCN(CCN4CCCCC4)CC3)ccc2[nH]c1=O. The maximum Gasteiger partial charge on any atom is 0.251 e. The lowest BCUT2D eigenvalue weighted by Gasteiger charge is -2.40. The summed E-state index contributed by atoms with van der Waals surface area (Å²) in [5.74, 6) is 1.65.